The zero-order valence-electron chi connectivity index (χ0n) is 12.2. The summed E-state index contributed by atoms with van der Waals surface area (Å²) in [6, 6.07) is 0. The monoisotopic (exact) mass is 251 g/mol. The Morgan fingerprint density at radius 3 is 2.50 bits per heavy atom. The lowest BCUT2D eigenvalue weighted by atomic mass is 9.88. The Labute approximate surface area is 110 Å². The van der Waals surface area contributed by atoms with Gasteiger partial charge in [0.15, 0.2) is 0 Å². The average Bonchev–Trinajstić information content (AvgIpc) is 2.34. The number of methoxy groups -OCH3 is 1. The number of aliphatic hydroxyl groups is 1. The van der Waals surface area contributed by atoms with Crippen LogP contribution in [0.2, 0.25) is 0 Å². The van der Waals surface area contributed by atoms with E-state index in [-0.39, 0.29) is 0 Å². The highest BCUT2D eigenvalue weighted by Crippen LogP contribution is 2.29. The van der Waals surface area contributed by atoms with Crippen molar-refractivity contribution in [1.82, 2.24) is 4.98 Å². The van der Waals surface area contributed by atoms with Gasteiger partial charge in [-0.2, -0.15) is 0 Å². The summed E-state index contributed by atoms with van der Waals surface area (Å²) < 4.78 is 5.40. The van der Waals surface area contributed by atoms with Gasteiger partial charge in [0.25, 0.3) is 0 Å². The van der Waals surface area contributed by atoms with Crippen molar-refractivity contribution in [3.63, 3.8) is 0 Å². The molecule has 1 aromatic rings. The second-order valence-corrected chi connectivity index (χ2v) is 5.05. The molecule has 0 radical (unpaired) electrons. The van der Waals surface area contributed by atoms with Gasteiger partial charge in [-0.15, -0.1) is 0 Å². The maximum atomic E-state index is 10.5. The van der Waals surface area contributed by atoms with Crippen molar-refractivity contribution in [2.24, 2.45) is 0 Å². The van der Waals surface area contributed by atoms with Crippen LogP contribution in [0.25, 0.3) is 0 Å². The number of aryl methyl sites for hydroxylation is 1. The molecule has 1 rings (SSSR count). The van der Waals surface area contributed by atoms with Crippen LogP contribution in [0.5, 0.6) is 5.75 Å². The van der Waals surface area contributed by atoms with Gasteiger partial charge in [0.2, 0.25) is 0 Å². The van der Waals surface area contributed by atoms with E-state index in [0.29, 0.717) is 6.42 Å². The molecule has 1 N–H and O–H groups in total. The predicted octanol–water partition coefficient (Wildman–Crippen LogP) is 3.19. The third-order valence-corrected chi connectivity index (χ3v) is 3.62. The second kappa shape index (κ2) is 6.19. The van der Waals surface area contributed by atoms with Gasteiger partial charge in [0.1, 0.15) is 5.75 Å². The van der Waals surface area contributed by atoms with Crippen LogP contribution in [-0.2, 0) is 6.42 Å². The first kappa shape index (κ1) is 15.0. The first-order valence-corrected chi connectivity index (χ1v) is 6.68. The molecule has 0 aliphatic carbocycles. The fraction of sp³-hybridized carbons (Fsp3) is 0.667. The molecule has 0 fully saturated rings. The summed E-state index contributed by atoms with van der Waals surface area (Å²) in [5, 5.41) is 10.5. The Kier molecular flexibility index (Phi) is 5.15. The topological polar surface area (TPSA) is 42.4 Å². The number of aromatic nitrogens is 1. The SMILES string of the molecule is CCCC(O)(CC)Cc1ncc(C)c(OC)c1C. The summed E-state index contributed by atoms with van der Waals surface area (Å²) >= 11 is 0. The van der Waals surface area contributed by atoms with E-state index >= 15 is 0 Å². The number of pyridine rings is 1. The lowest BCUT2D eigenvalue weighted by Crippen LogP contribution is -2.31. The van der Waals surface area contributed by atoms with Gasteiger partial charge in [-0.1, -0.05) is 20.3 Å². The molecule has 3 nitrogen and oxygen atoms in total. The molecular formula is C15H25NO2. The van der Waals surface area contributed by atoms with Gasteiger partial charge in [-0.05, 0) is 26.7 Å². The lowest BCUT2D eigenvalue weighted by molar-refractivity contribution is 0.0260. The number of hydrogen-bond donors (Lipinski definition) is 1. The highest BCUT2D eigenvalue weighted by Gasteiger charge is 2.26. The van der Waals surface area contributed by atoms with Gasteiger partial charge in [0, 0.05) is 29.4 Å². The normalized spacial score (nSPS) is 14.3. The van der Waals surface area contributed by atoms with E-state index in [9.17, 15) is 5.11 Å². The van der Waals surface area contributed by atoms with Crippen LogP contribution in [-0.4, -0.2) is 22.8 Å². The highest BCUT2D eigenvalue weighted by molar-refractivity contribution is 5.41. The minimum Gasteiger partial charge on any atom is -0.496 e. The maximum Gasteiger partial charge on any atom is 0.128 e. The molecule has 0 saturated heterocycles. The molecule has 0 spiro atoms. The first-order valence-electron chi connectivity index (χ1n) is 6.68. The van der Waals surface area contributed by atoms with Crippen molar-refractivity contribution in [2.75, 3.05) is 7.11 Å². The molecule has 0 aliphatic rings. The Bertz CT molecular complexity index is 404. The van der Waals surface area contributed by atoms with E-state index in [4.69, 9.17) is 4.74 Å². The summed E-state index contributed by atoms with van der Waals surface area (Å²) in [7, 11) is 1.68. The van der Waals surface area contributed by atoms with E-state index in [2.05, 4.69) is 11.9 Å². The summed E-state index contributed by atoms with van der Waals surface area (Å²) in [6.07, 6.45) is 4.95. The second-order valence-electron chi connectivity index (χ2n) is 5.05. The van der Waals surface area contributed by atoms with E-state index in [1.165, 1.54) is 0 Å². The summed E-state index contributed by atoms with van der Waals surface area (Å²) in [4.78, 5) is 4.46. The molecule has 0 aliphatic heterocycles. The van der Waals surface area contributed by atoms with Crippen molar-refractivity contribution < 1.29 is 9.84 Å². The van der Waals surface area contributed by atoms with Crippen molar-refractivity contribution in [1.29, 1.82) is 0 Å². The molecule has 1 heterocycles. The van der Waals surface area contributed by atoms with Gasteiger partial charge < -0.3 is 9.84 Å². The number of nitrogens with zero attached hydrogens (tertiary/aromatic N) is 1. The molecule has 1 atom stereocenters. The van der Waals surface area contributed by atoms with Gasteiger partial charge in [-0.25, -0.2) is 0 Å². The molecule has 0 bridgehead atoms. The van der Waals surface area contributed by atoms with Crippen molar-refractivity contribution in [3.05, 3.63) is 23.0 Å². The third-order valence-electron chi connectivity index (χ3n) is 3.62. The first-order chi connectivity index (χ1) is 8.47. The predicted molar refractivity (Wildman–Crippen MR) is 74.1 cm³/mol. The summed E-state index contributed by atoms with van der Waals surface area (Å²) in [5.74, 6) is 0.884. The molecule has 1 unspecified atom stereocenters. The molecule has 102 valence electrons. The Hall–Kier alpha value is -1.09. The van der Waals surface area contributed by atoms with E-state index in [0.717, 1.165) is 41.8 Å². The van der Waals surface area contributed by atoms with E-state index < -0.39 is 5.60 Å². The zero-order chi connectivity index (χ0) is 13.8. The molecule has 18 heavy (non-hydrogen) atoms. The maximum absolute atomic E-state index is 10.5. The quantitative estimate of drug-likeness (QED) is 0.844. The van der Waals surface area contributed by atoms with Crippen molar-refractivity contribution >= 4 is 0 Å². The fourth-order valence-electron chi connectivity index (χ4n) is 2.42. The minimum atomic E-state index is -0.646. The Balaban J connectivity index is 3.04. The van der Waals surface area contributed by atoms with Crippen LogP contribution in [0.3, 0.4) is 0 Å². The molecule has 0 amide bonds. The number of ether oxygens (including phenoxy) is 1. The Morgan fingerprint density at radius 2 is 2.00 bits per heavy atom. The summed E-state index contributed by atoms with van der Waals surface area (Å²) in [5.41, 5.74) is 2.37. The van der Waals surface area contributed by atoms with Crippen molar-refractivity contribution in [2.45, 2.75) is 59.0 Å². The minimum absolute atomic E-state index is 0.597. The molecule has 0 saturated carbocycles. The van der Waals surface area contributed by atoms with E-state index in [1.807, 2.05) is 27.0 Å². The highest BCUT2D eigenvalue weighted by atomic mass is 16.5. The van der Waals surface area contributed by atoms with Gasteiger partial charge in [0.05, 0.1) is 12.7 Å². The van der Waals surface area contributed by atoms with Crippen LogP contribution >= 0.6 is 0 Å². The zero-order valence-corrected chi connectivity index (χ0v) is 12.2. The van der Waals surface area contributed by atoms with Crippen LogP contribution < -0.4 is 4.74 Å². The average molecular weight is 251 g/mol. The third kappa shape index (κ3) is 3.22. The molecule has 1 aromatic heterocycles. The van der Waals surface area contributed by atoms with Crippen LogP contribution in [0.1, 0.15) is 49.9 Å². The fourth-order valence-corrected chi connectivity index (χ4v) is 2.42. The van der Waals surface area contributed by atoms with Gasteiger partial charge in [-0.3, -0.25) is 4.98 Å². The molecule has 3 heteroatoms. The molecular weight excluding hydrogens is 226 g/mol. The van der Waals surface area contributed by atoms with Crippen LogP contribution in [0.15, 0.2) is 6.20 Å². The van der Waals surface area contributed by atoms with Crippen molar-refractivity contribution in [3.8, 4) is 5.75 Å². The smallest absolute Gasteiger partial charge is 0.128 e. The standard InChI is InChI=1S/C15H25NO2/c1-6-8-15(17,7-2)9-13-12(4)14(18-5)11(3)10-16-13/h10,17H,6-9H2,1-5H3. The van der Waals surface area contributed by atoms with Crippen LogP contribution in [0.4, 0.5) is 0 Å². The number of rotatable bonds is 6. The Morgan fingerprint density at radius 1 is 1.33 bits per heavy atom. The largest absolute Gasteiger partial charge is 0.496 e. The molecule has 0 aromatic carbocycles. The van der Waals surface area contributed by atoms with Crippen LogP contribution in [0, 0.1) is 13.8 Å². The van der Waals surface area contributed by atoms with Gasteiger partial charge >= 0.3 is 0 Å². The summed E-state index contributed by atoms with van der Waals surface area (Å²) in [6.45, 7) is 8.12. The number of hydrogen-bond acceptors (Lipinski definition) is 3. The van der Waals surface area contributed by atoms with E-state index in [1.54, 1.807) is 7.11 Å². The lowest BCUT2D eigenvalue weighted by Gasteiger charge is -2.27.